The van der Waals surface area contributed by atoms with Crippen molar-refractivity contribution in [1.29, 1.82) is 0 Å². The molecule has 20 heavy (non-hydrogen) atoms. The average molecular weight is 302 g/mol. The van der Waals surface area contributed by atoms with Crippen LogP contribution in [-0.4, -0.2) is 32.9 Å². The monoisotopic (exact) mass is 301 g/mol. The fraction of sp³-hybridized carbons (Fsp3) is 0.364. The molecule has 8 nitrogen and oxygen atoms in total. The summed E-state index contributed by atoms with van der Waals surface area (Å²) >= 11 is 5.72. The average Bonchev–Trinajstić information content (AvgIpc) is 2.37. The van der Waals surface area contributed by atoms with Crippen molar-refractivity contribution in [2.75, 3.05) is 0 Å². The van der Waals surface area contributed by atoms with Gasteiger partial charge in [-0.05, 0) is 6.42 Å². The Kier molecular flexibility index (Phi) is 5.39. The fourth-order valence-corrected chi connectivity index (χ4v) is 1.66. The molecule has 2 N–H and O–H groups in total. The van der Waals surface area contributed by atoms with Crippen LogP contribution in [0, 0.1) is 10.1 Å². The van der Waals surface area contributed by atoms with Crippen molar-refractivity contribution in [3.8, 4) is 0 Å². The highest BCUT2D eigenvalue weighted by molar-refractivity contribution is 6.32. The van der Waals surface area contributed by atoms with E-state index in [2.05, 4.69) is 10.3 Å². The van der Waals surface area contributed by atoms with Gasteiger partial charge in [-0.15, -0.1) is 0 Å². The van der Waals surface area contributed by atoms with Crippen molar-refractivity contribution in [1.82, 2.24) is 10.3 Å². The third-order valence-corrected chi connectivity index (χ3v) is 2.83. The van der Waals surface area contributed by atoms with Gasteiger partial charge < -0.3 is 10.4 Å². The van der Waals surface area contributed by atoms with Crippen LogP contribution < -0.4 is 5.32 Å². The quantitative estimate of drug-likeness (QED) is 0.467. The zero-order chi connectivity index (χ0) is 15.3. The summed E-state index contributed by atoms with van der Waals surface area (Å²) in [6, 6.07) is 0.411. The number of carbonyl (C=O) groups is 2. The molecule has 0 radical (unpaired) electrons. The number of carboxylic acids is 1. The lowest BCUT2D eigenvalue weighted by molar-refractivity contribution is -0.385. The third-order valence-electron chi connectivity index (χ3n) is 2.53. The molecule has 1 amide bonds. The van der Waals surface area contributed by atoms with Crippen molar-refractivity contribution < 1.29 is 19.6 Å². The first-order valence-corrected chi connectivity index (χ1v) is 6.05. The molecule has 0 aliphatic carbocycles. The van der Waals surface area contributed by atoms with Gasteiger partial charge >= 0.3 is 5.97 Å². The number of nitrogens with one attached hydrogen (secondary N) is 1. The number of amides is 1. The molecule has 0 aliphatic rings. The molecular weight excluding hydrogens is 290 g/mol. The van der Waals surface area contributed by atoms with Crippen LogP contribution in [0.15, 0.2) is 12.3 Å². The molecule has 1 aromatic rings. The van der Waals surface area contributed by atoms with Crippen LogP contribution >= 0.6 is 11.6 Å². The van der Waals surface area contributed by atoms with Crippen molar-refractivity contribution in [2.24, 2.45) is 0 Å². The number of halogens is 1. The first-order valence-electron chi connectivity index (χ1n) is 5.67. The first-order chi connectivity index (χ1) is 9.35. The molecule has 0 bridgehead atoms. The predicted octanol–water partition coefficient (Wildman–Crippen LogP) is 1.63. The number of aromatic nitrogens is 1. The number of hydrogen-bond donors (Lipinski definition) is 2. The number of carboxylic acid groups (broad SMARTS) is 1. The van der Waals surface area contributed by atoms with Gasteiger partial charge in [0.2, 0.25) is 0 Å². The standard InChI is InChI=1S/C11H12ClN3O5/c1-2-6(3-9(16)17)14-11(18)8-4-7(15(19)20)5-13-10(8)12/h4-6H,2-3H2,1H3,(H,14,18)(H,16,17). The molecule has 0 saturated heterocycles. The lowest BCUT2D eigenvalue weighted by Gasteiger charge is -2.14. The summed E-state index contributed by atoms with van der Waals surface area (Å²) in [4.78, 5) is 36.0. The summed E-state index contributed by atoms with van der Waals surface area (Å²) in [5.41, 5.74) is -0.532. The molecule has 1 heterocycles. The molecule has 108 valence electrons. The topological polar surface area (TPSA) is 122 Å². The molecule has 1 rings (SSSR count). The van der Waals surface area contributed by atoms with Crippen LogP contribution in [0.1, 0.15) is 30.1 Å². The lowest BCUT2D eigenvalue weighted by Crippen LogP contribution is -2.36. The molecule has 0 aromatic carbocycles. The Balaban J connectivity index is 2.93. The number of pyridine rings is 1. The molecule has 0 aliphatic heterocycles. The number of aliphatic carboxylic acids is 1. The second-order valence-electron chi connectivity index (χ2n) is 3.97. The maximum Gasteiger partial charge on any atom is 0.305 e. The maximum absolute atomic E-state index is 11.9. The van der Waals surface area contributed by atoms with Gasteiger partial charge in [0.05, 0.1) is 16.9 Å². The Hall–Kier alpha value is -2.22. The van der Waals surface area contributed by atoms with E-state index in [1.54, 1.807) is 6.92 Å². The van der Waals surface area contributed by atoms with E-state index in [0.717, 1.165) is 12.3 Å². The molecule has 9 heteroatoms. The Morgan fingerprint density at radius 2 is 2.25 bits per heavy atom. The van der Waals surface area contributed by atoms with E-state index >= 15 is 0 Å². The number of hydrogen-bond acceptors (Lipinski definition) is 5. The number of rotatable bonds is 6. The molecule has 0 spiro atoms. The minimum Gasteiger partial charge on any atom is -0.481 e. The molecular formula is C11H12ClN3O5. The van der Waals surface area contributed by atoms with Crippen LogP contribution in [0.25, 0.3) is 0 Å². The Labute approximate surface area is 118 Å². The Bertz CT molecular complexity index is 549. The predicted molar refractivity (Wildman–Crippen MR) is 69.7 cm³/mol. The van der Waals surface area contributed by atoms with Crippen LogP contribution in [0.3, 0.4) is 0 Å². The second kappa shape index (κ2) is 6.80. The van der Waals surface area contributed by atoms with E-state index in [1.165, 1.54) is 0 Å². The highest BCUT2D eigenvalue weighted by atomic mass is 35.5. The van der Waals surface area contributed by atoms with Gasteiger partial charge in [0.25, 0.3) is 11.6 Å². The van der Waals surface area contributed by atoms with Crippen LogP contribution in [0.2, 0.25) is 5.15 Å². The van der Waals surface area contributed by atoms with E-state index in [1.807, 2.05) is 0 Å². The maximum atomic E-state index is 11.9. The van der Waals surface area contributed by atoms with Crippen molar-refractivity contribution in [3.05, 3.63) is 33.1 Å². The zero-order valence-corrected chi connectivity index (χ0v) is 11.3. The summed E-state index contributed by atoms with van der Waals surface area (Å²) < 4.78 is 0. The van der Waals surface area contributed by atoms with Gasteiger partial charge in [0, 0.05) is 12.1 Å². The van der Waals surface area contributed by atoms with Gasteiger partial charge in [-0.25, -0.2) is 4.98 Å². The summed E-state index contributed by atoms with van der Waals surface area (Å²) in [6.07, 6.45) is 1.09. The second-order valence-corrected chi connectivity index (χ2v) is 4.32. The number of nitro groups is 1. The highest BCUT2D eigenvalue weighted by Gasteiger charge is 2.20. The summed E-state index contributed by atoms with van der Waals surface area (Å²) in [7, 11) is 0. The number of nitrogens with zero attached hydrogens (tertiary/aromatic N) is 2. The first kappa shape index (κ1) is 15.8. The van der Waals surface area contributed by atoms with Gasteiger partial charge in [-0.3, -0.25) is 19.7 Å². The Morgan fingerprint density at radius 3 is 2.75 bits per heavy atom. The molecule has 1 atom stereocenters. The smallest absolute Gasteiger partial charge is 0.305 e. The van der Waals surface area contributed by atoms with Gasteiger partial charge in [-0.1, -0.05) is 18.5 Å². The van der Waals surface area contributed by atoms with E-state index in [4.69, 9.17) is 16.7 Å². The van der Waals surface area contributed by atoms with E-state index in [0.29, 0.717) is 6.42 Å². The highest BCUT2D eigenvalue weighted by Crippen LogP contribution is 2.19. The molecule has 0 saturated carbocycles. The normalized spacial score (nSPS) is 11.7. The zero-order valence-electron chi connectivity index (χ0n) is 10.5. The number of carbonyl (C=O) groups excluding carboxylic acids is 1. The van der Waals surface area contributed by atoms with E-state index in [-0.39, 0.29) is 22.8 Å². The van der Waals surface area contributed by atoms with E-state index < -0.39 is 22.8 Å². The Morgan fingerprint density at radius 1 is 1.60 bits per heavy atom. The fourth-order valence-electron chi connectivity index (χ4n) is 1.47. The SMILES string of the molecule is CCC(CC(=O)O)NC(=O)c1cc([N+](=O)[O-])cnc1Cl. The molecule has 1 unspecified atom stereocenters. The van der Waals surface area contributed by atoms with Crippen molar-refractivity contribution in [2.45, 2.75) is 25.8 Å². The summed E-state index contributed by atoms with van der Waals surface area (Å²) in [6.45, 7) is 1.71. The van der Waals surface area contributed by atoms with Crippen LogP contribution in [-0.2, 0) is 4.79 Å². The van der Waals surface area contributed by atoms with Gasteiger partial charge in [0.1, 0.15) is 11.3 Å². The van der Waals surface area contributed by atoms with Crippen LogP contribution in [0.4, 0.5) is 5.69 Å². The minimum atomic E-state index is -1.06. The molecule has 1 aromatic heterocycles. The van der Waals surface area contributed by atoms with E-state index in [9.17, 15) is 19.7 Å². The largest absolute Gasteiger partial charge is 0.481 e. The third kappa shape index (κ3) is 4.16. The molecule has 0 fully saturated rings. The van der Waals surface area contributed by atoms with Gasteiger partial charge in [-0.2, -0.15) is 0 Å². The lowest BCUT2D eigenvalue weighted by atomic mass is 10.1. The van der Waals surface area contributed by atoms with Gasteiger partial charge in [0.15, 0.2) is 0 Å². The van der Waals surface area contributed by atoms with Crippen molar-refractivity contribution in [3.63, 3.8) is 0 Å². The van der Waals surface area contributed by atoms with Crippen molar-refractivity contribution >= 4 is 29.2 Å². The summed E-state index contributed by atoms with van der Waals surface area (Å²) in [5, 5.41) is 21.6. The van der Waals surface area contributed by atoms with Crippen LogP contribution in [0.5, 0.6) is 0 Å². The minimum absolute atomic E-state index is 0.162. The summed E-state index contributed by atoms with van der Waals surface area (Å²) in [5.74, 6) is -1.75.